The van der Waals surface area contributed by atoms with Crippen LogP contribution in [0.25, 0.3) is 28.1 Å². The van der Waals surface area contributed by atoms with Crippen LogP contribution in [0.1, 0.15) is 5.82 Å². The highest BCUT2D eigenvalue weighted by Crippen LogP contribution is 2.35. The molecule has 0 radical (unpaired) electrons. The van der Waals surface area contributed by atoms with Gasteiger partial charge in [0.1, 0.15) is 17.8 Å². The number of hydrogen-bond donors (Lipinski definition) is 0. The molecule has 0 unspecified atom stereocenters. The van der Waals surface area contributed by atoms with E-state index < -0.39 is 0 Å². The highest BCUT2D eigenvalue weighted by Gasteiger charge is 2.18. The summed E-state index contributed by atoms with van der Waals surface area (Å²) in [6, 6.07) is 13.5. The maximum absolute atomic E-state index is 5.43. The van der Waals surface area contributed by atoms with Gasteiger partial charge in [0, 0.05) is 11.5 Å². The minimum atomic E-state index is 0.610. The molecule has 130 valence electrons. The normalized spacial score (nSPS) is 10.9. The fourth-order valence-electron chi connectivity index (χ4n) is 2.88. The number of benzene rings is 2. The van der Waals surface area contributed by atoms with Crippen molar-refractivity contribution in [1.29, 1.82) is 0 Å². The van der Waals surface area contributed by atoms with Crippen molar-refractivity contribution in [2.75, 3.05) is 14.2 Å². The van der Waals surface area contributed by atoms with Crippen LogP contribution in [0.5, 0.6) is 11.5 Å². The molecule has 26 heavy (non-hydrogen) atoms. The molecule has 0 spiro atoms. The average molecular weight is 347 g/mol. The van der Waals surface area contributed by atoms with Crippen LogP contribution in [0.4, 0.5) is 0 Å². The van der Waals surface area contributed by atoms with Crippen molar-refractivity contribution in [2.45, 2.75) is 6.92 Å². The first-order valence-electron chi connectivity index (χ1n) is 8.07. The van der Waals surface area contributed by atoms with Crippen LogP contribution in [0.15, 0.2) is 48.8 Å². The first-order valence-corrected chi connectivity index (χ1v) is 8.07. The molecule has 2 heterocycles. The van der Waals surface area contributed by atoms with Crippen molar-refractivity contribution in [3.05, 3.63) is 54.6 Å². The summed E-state index contributed by atoms with van der Waals surface area (Å²) >= 11 is 0. The fraction of sp³-hybridized carbons (Fsp3) is 0.158. The molecule has 0 saturated carbocycles. The van der Waals surface area contributed by atoms with Gasteiger partial charge >= 0.3 is 0 Å². The Bertz CT molecular complexity index is 1080. The molecule has 0 aliphatic heterocycles. The van der Waals surface area contributed by atoms with Gasteiger partial charge < -0.3 is 9.47 Å². The van der Waals surface area contributed by atoms with E-state index in [2.05, 4.69) is 20.1 Å². The molecule has 0 N–H and O–H groups in total. The number of nitrogens with zero attached hydrogens (tertiary/aromatic N) is 5. The van der Waals surface area contributed by atoms with Crippen LogP contribution in [-0.2, 0) is 0 Å². The maximum atomic E-state index is 5.43. The lowest BCUT2D eigenvalue weighted by molar-refractivity contribution is 0.356. The zero-order valence-corrected chi connectivity index (χ0v) is 14.7. The molecule has 4 rings (SSSR count). The van der Waals surface area contributed by atoms with E-state index in [1.54, 1.807) is 18.9 Å². The Morgan fingerprint density at radius 3 is 2.38 bits per heavy atom. The molecule has 0 fully saturated rings. The molecule has 0 aliphatic rings. The minimum absolute atomic E-state index is 0.610. The molecule has 7 nitrogen and oxygen atoms in total. The van der Waals surface area contributed by atoms with Crippen molar-refractivity contribution < 1.29 is 9.47 Å². The molecule has 0 amide bonds. The zero-order valence-electron chi connectivity index (χ0n) is 14.7. The minimum Gasteiger partial charge on any atom is -0.493 e. The van der Waals surface area contributed by atoms with E-state index in [1.165, 1.54) is 6.33 Å². The van der Waals surface area contributed by atoms with Crippen molar-refractivity contribution >= 4 is 10.9 Å². The van der Waals surface area contributed by atoms with Gasteiger partial charge in [0.2, 0.25) is 0 Å². The Morgan fingerprint density at radius 2 is 1.65 bits per heavy atom. The zero-order chi connectivity index (χ0) is 18.1. The van der Waals surface area contributed by atoms with Crippen LogP contribution in [0.2, 0.25) is 0 Å². The van der Waals surface area contributed by atoms with E-state index >= 15 is 0 Å². The Balaban J connectivity index is 1.99. The number of rotatable bonds is 4. The highest BCUT2D eigenvalue weighted by molar-refractivity contribution is 5.93. The average Bonchev–Trinajstić information content (AvgIpc) is 3.08. The summed E-state index contributed by atoms with van der Waals surface area (Å²) in [6.07, 6.45) is 1.52. The number of hydrogen-bond acceptors (Lipinski definition) is 6. The number of aryl methyl sites for hydroxylation is 1. The third kappa shape index (κ3) is 2.63. The molecule has 0 bridgehead atoms. The second kappa shape index (κ2) is 6.44. The van der Waals surface area contributed by atoms with Gasteiger partial charge in [-0.05, 0) is 25.1 Å². The van der Waals surface area contributed by atoms with Gasteiger partial charge in [0.15, 0.2) is 17.3 Å². The molecule has 4 aromatic rings. The molecular weight excluding hydrogens is 330 g/mol. The number of fused-ring (bicyclic) bond motifs is 1. The van der Waals surface area contributed by atoms with E-state index in [1.807, 2.05) is 49.4 Å². The van der Waals surface area contributed by atoms with Crippen LogP contribution < -0.4 is 9.47 Å². The highest BCUT2D eigenvalue weighted by atomic mass is 16.5. The topological polar surface area (TPSA) is 75.0 Å². The van der Waals surface area contributed by atoms with E-state index in [0.29, 0.717) is 28.8 Å². The fourth-order valence-corrected chi connectivity index (χ4v) is 2.88. The largest absolute Gasteiger partial charge is 0.493 e. The Labute approximate surface area is 150 Å². The molecule has 2 aromatic carbocycles. The van der Waals surface area contributed by atoms with Crippen molar-refractivity contribution in [2.24, 2.45) is 0 Å². The summed E-state index contributed by atoms with van der Waals surface area (Å²) in [6.45, 7) is 1.86. The van der Waals surface area contributed by atoms with Gasteiger partial charge in [-0.1, -0.05) is 18.2 Å². The summed E-state index contributed by atoms with van der Waals surface area (Å²) in [7, 11) is 3.20. The summed E-state index contributed by atoms with van der Waals surface area (Å²) in [5.74, 6) is 2.54. The van der Waals surface area contributed by atoms with Gasteiger partial charge in [-0.15, -0.1) is 0 Å². The molecular formula is C19H17N5O2. The van der Waals surface area contributed by atoms with Crippen LogP contribution in [-0.4, -0.2) is 39.0 Å². The third-order valence-corrected chi connectivity index (χ3v) is 4.07. The first kappa shape index (κ1) is 16.0. The number of para-hydroxylation sites is 1. The van der Waals surface area contributed by atoms with Crippen LogP contribution in [0.3, 0.4) is 0 Å². The SMILES string of the molecule is COc1cc2ncnc(-c3nc(C)nn3-c3ccccc3)c2cc1OC. The Hall–Kier alpha value is -3.48. The standard InChI is InChI=1S/C19H17N5O2/c1-12-22-19(24(23-12)13-7-5-4-6-8-13)18-14-9-16(25-2)17(26-3)10-15(14)20-11-21-18/h4-11H,1-3H3. The van der Waals surface area contributed by atoms with Gasteiger partial charge in [0.25, 0.3) is 0 Å². The summed E-state index contributed by atoms with van der Waals surface area (Å²) in [5, 5.41) is 5.34. The number of aromatic nitrogens is 5. The van der Waals surface area contributed by atoms with E-state index in [0.717, 1.165) is 16.6 Å². The van der Waals surface area contributed by atoms with Crippen molar-refractivity contribution in [1.82, 2.24) is 24.7 Å². The van der Waals surface area contributed by atoms with Gasteiger partial charge in [0.05, 0.1) is 25.4 Å². The van der Waals surface area contributed by atoms with Crippen LogP contribution in [0, 0.1) is 6.92 Å². The van der Waals surface area contributed by atoms with Crippen LogP contribution >= 0.6 is 0 Å². The van der Waals surface area contributed by atoms with Crippen molar-refractivity contribution in [3.63, 3.8) is 0 Å². The summed E-state index contributed by atoms with van der Waals surface area (Å²) in [5.41, 5.74) is 2.34. The van der Waals surface area contributed by atoms with Gasteiger partial charge in [-0.25, -0.2) is 19.6 Å². The first-order chi connectivity index (χ1) is 12.7. The lowest BCUT2D eigenvalue weighted by Gasteiger charge is -2.11. The maximum Gasteiger partial charge on any atom is 0.182 e. The Morgan fingerprint density at radius 1 is 0.923 bits per heavy atom. The number of methoxy groups -OCH3 is 2. The third-order valence-electron chi connectivity index (χ3n) is 4.07. The lowest BCUT2D eigenvalue weighted by atomic mass is 10.1. The predicted octanol–water partition coefficient (Wildman–Crippen LogP) is 3.20. The van der Waals surface area contributed by atoms with Gasteiger partial charge in [-0.3, -0.25) is 0 Å². The Kier molecular flexibility index (Phi) is 3.96. The lowest BCUT2D eigenvalue weighted by Crippen LogP contribution is -2.02. The second-order valence-corrected chi connectivity index (χ2v) is 5.68. The monoisotopic (exact) mass is 347 g/mol. The molecule has 0 aliphatic carbocycles. The predicted molar refractivity (Wildman–Crippen MR) is 97.7 cm³/mol. The van der Waals surface area contributed by atoms with Gasteiger partial charge in [-0.2, -0.15) is 5.10 Å². The van der Waals surface area contributed by atoms with Crippen molar-refractivity contribution in [3.8, 4) is 28.7 Å². The smallest absolute Gasteiger partial charge is 0.182 e. The number of ether oxygens (including phenoxy) is 2. The summed E-state index contributed by atoms with van der Waals surface area (Å²) < 4.78 is 12.6. The van der Waals surface area contributed by atoms with E-state index in [-0.39, 0.29) is 0 Å². The summed E-state index contributed by atoms with van der Waals surface area (Å²) in [4.78, 5) is 13.4. The molecule has 7 heteroatoms. The van der Waals surface area contributed by atoms with E-state index in [4.69, 9.17) is 9.47 Å². The molecule has 2 aromatic heterocycles. The molecule has 0 atom stereocenters. The van der Waals surface area contributed by atoms with E-state index in [9.17, 15) is 0 Å². The quantitative estimate of drug-likeness (QED) is 0.564. The molecule has 0 saturated heterocycles. The second-order valence-electron chi connectivity index (χ2n) is 5.68.